The van der Waals surface area contributed by atoms with Crippen molar-refractivity contribution in [3.05, 3.63) is 0 Å². The molecule has 0 spiro atoms. The predicted molar refractivity (Wildman–Crippen MR) is 58.3 cm³/mol. The molecule has 0 heterocycles. The van der Waals surface area contributed by atoms with Crippen molar-refractivity contribution in [1.82, 2.24) is 0 Å². The number of ketones is 1. The first-order valence-electron chi connectivity index (χ1n) is 4.56. The Balaban J connectivity index is 4.27. The number of rotatable bonds is 7. The van der Waals surface area contributed by atoms with Crippen LogP contribution in [0.2, 0.25) is 0 Å². The lowest BCUT2D eigenvalue weighted by Gasteiger charge is -2.02. The number of sulfone groups is 2. The molecule has 15 heavy (non-hydrogen) atoms. The number of hydrogen-bond acceptors (Lipinski definition) is 5. The van der Waals surface area contributed by atoms with Gasteiger partial charge in [-0.1, -0.05) is 6.92 Å². The summed E-state index contributed by atoms with van der Waals surface area (Å²) in [6.07, 6.45) is 1.79. The number of Topliss-reactive ketones (excluding diaryl/α,β-unsaturated/α-hetero) is 1. The van der Waals surface area contributed by atoms with Crippen LogP contribution in [0.15, 0.2) is 0 Å². The molecular weight excluding hydrogens is 240 g/mol. The van der Waals surface area contributed by atoms with Crippen LogP contribution in [0.1, 0.15) is 19.8 Å². The molecule has 0 aromatic carbocycles. The summed E-state index contributed by atoms with van der Waals surface area (Å²) in [5, 5.41) is 0. The fourth-order valence-electron chi connectivity index (χ4n) is 0.947. The van der Waals surface area contributed by atoms with E-state index in [-0.39, 0.29) is 12.2 Å². The van der Waals surface area contributed by atoms with Crippen LogP contribution >= 0.6 is 0 Å². The molecular formula is C8H16O5S2. The normalized spacial score (nSPS) is 12.7. The van der Waals surface area contributed by atoms with Gasteiger partial charge in [-0.15, -0.1) is 0 Å². The Morgan fingerprint density at radius 3 is 2.00 bits per heavy atom. The third-order valence-electron chi connectivity index (χ3n) is 1.67. The summed E-state index contributed by atoms with van der Waals surface area (Å²) in [4.78, 5) is 11.1. The summed E-state index contributed by atoms with van der Waals surface area (Å²) in [6.45, 7) is 1.78. The van der Waals surface area contributed by atoms with Gasteiger partial charge >= 0.3 is 0 Å². The Hall–Kier alpha value is -0.430. The summed E-state index contributed by atoms with van der Waals surface area (Å²) in [5.41, 5.74) is 0. The van der Waals surface area contributed by atoms with E-state index in [0.717, 1.165) is 6.26 Å². The zero-order valence-corrected chi connectivity index (χ0v) is 10.5. The molecule has 7 heteroatoms. The highest BCUT2D eigenvalue weighted by molar-refractivity contribution is 7.95. The summed E-state index contributed by atoms with van der Waals surface area (Å²) in [6, 6.07) is 0. The lowest BCUT2D eigenvalue weighted by Crippen LogP contribution is -2.23. The van der Waals surface area contributed by atoms with Crippen molar-refractivity contribution in [2.24, 2.45) is 0 Å². The van der Waals surface area contributed by atoms with Crippen molar-refractivity contribution < 1.29 is 21.6 Å². The Labute approximate surface area is 90.7 Å². The molecule has 0 radical (unpaired) electrons. The van der Waals surface area contributed by atoms with Crippen molar-refractivity contribution in [2.75, 3.05) is 23.5 Å². The van der Waals surface area contributed by atoms with Crippen LogP contribution in [0.3, 0.4) is 0 Å². The van der Waals surface area contributed by atoms with Crippen LogP contribution in [0.4, 0.5) is 0 Å². The van der Waals surface area contributed by atoms with Gasteiger partial charge < -0.3 is 0 Å². The smallest absolute Gasteiger partial charge is 0.158 e. The Morgan fingerprint density at radius 1 is 1.07 bits per heavy atom. The molecule has 0 aromatic heterocycles. The average Bonchev–Trinajstić information content (AvgIpc) is 1.99. The van der Waals surface area contributed by atoms with Crippen LogP contribution in [0, 0.1) is 0 Å². The minimum Gasteiger partial charge on any atom is -0.299 e. The number of carbonyl (C=O) groups is 1. The van der Waals surface area contributed by atoms with Gasteiger partial charge in [0.05, 0.1) is 11.5 Å². The number of hydrogen-bond donors (Lipinski definition) is 0. The maximum absolute atomic E-state index is 11.3. The lowest BCUT2D eigenvalue weighted by molar-refractivity contribution is -0.116. The minimum absolute atomic E-state index is 0.220. The van der Waals surface area contributed by atoms with Crippen LogP contribution in [0.5, 0.6) is 0 Å². The van der Waals surface area contributed by atoms with Crippen molar-refractivity contribution >= 4 is 25.5 Å². The fraction of sp³-hybridized carbons (Fsp3) is 0.875. The molecule has 0 aliphatic heterocycles. The van der Waals surface area contributed by atoms with Gasteiger partial charge in [-0.2, -0.15) is 0 Å². The third-order valence-corrected chi connectivity index (χ3v) is 4.47. The maximum atomic E-state index is 11.3. The SMILES string of the molecule is CCCC(=O)CS(=O)(=O)CCS(C)(=O)=O. The molecule has 0 bridgehead atoms. The van der Waals surface area contributed by atoms with Gasteiger partial charge in [0.2, 0.25) is 0 Å². The molecule has 0 atom stereocenters. The van der Waals surface area contributed by atoms with Crippen LogP contribution in [-0.2, 0) is 24.5 Å². The highest BCUT2D eigenvalue weighted by atomic mass is 32.2. The zero-order chi connectivity index (χ0) is 12.1. The van der Waals surface area contributed by atoms with Gasteiger partial charge in [0.25, 0.3) is 0 Å². The van der Waals surface area contributed by atoms with Crippen LogP contribution in [-0.4, -0.2) is 46.1 Å². The average molecular weight is 256 g/mol. The molecule has 90 valence electrons. The van der Waals surface area contributed by atoms with Gasteiger partial charge in [-0.05, 0) is 6.42 Å². The van der Waals surface area contributed by atoms with Gasteiger partial charge in [0.1, 0.15) is 21.4 Å². The second-order valence-corrected chi connectivity index (χ2v) is 7.95. The first-order chi connectivity index (χ1) is 6.66. The fourth-order valence-corrected chi connectivity index (χ4v) is 3.95. The lowest BCUT2D eigenvalue weighted by atomic mass is 10.3. The Kier molecular flexibility index (Phi) is 5.44. The van der Waals surface area contributed by atoms with Crippen molar-refractivity contribution in [3.63, 3.8) is 0 Å². The minimum atomic E-state index is -3.56. The first kappa shape index (κ1) is 14.6. The highest BCUT2D eigenvalue weighted by Gasteiger charge is 2.18. The number of carbonyl (C=O) groups excluding carboxylic acids is 1. The molecule has 0 unspecified atom stereocenters. The summed E-state index contributed by atoms with van der Waals surface area (Å²) < 4.78 is 44.0. The van der Waals surface area contributed by atoms with Gasteiger partial charge in [0.15, 0.2) is 9.84 Å². The topological polar surface area (TPSA) is 85.3 Å². The Morgan fingerprint density at radius 2 is 1.60 bits per heavy atom. The van der Waals surface area contributed by atoms with E-state index >= 15 is 0 Å². The largest absolute Gasteiger partial charge is 0.299 e. The van der Waals surface area contributed by atoms with E-state index in [1.54, 1.807) is 6.92 Å². The van der Waals surface area contributed by atoms with Crippen molar-refractivity contribution in [1.29, 1.82) is 0 Å². The molecule has 0 aliphatic rings. The van der Waals surface area contributed by atoms with E-state index in [9.17, 15) is 21.6 Å². The zero-order valence-electron chi connectivity index (χ0n) is 8.89. The Bertz CT molecular complexity index is 404. The predicted octanol–water partition coefficient (Wildman–Crippen LogP) is -0.185. The van der Waals surface area contributed by atoms with E-state index < -0.39 is 36.9 Å². The maximum Gasteiger partial charge on any atom is 0.158 e. The van der Waals surface area contributed by atoms with Gasteiger partial charge in [-0.3, -0.25) is 4.79 Å². The van der Waals surface area contributed by atoms with Crippen LogP contribution < -0.4 is 0 Å². The highest BCUT2D eigenvalue weighted by Crippen LogP contribution is 1.98. The van der Waals surface area contributed by atoms with Gasteiger partial charge in [0, 0.05) is 12.7 Å². The molecule has 0 rings (SSSR count). The van der Waals surface area contributed by atoms with Crippen molar-refractivity contribution in [3.8, 4) is 0 Å². The van der Waals surface area contributed by atoms with E-state index in [4.69, 9.17) is 0 Å². The second kappa shape index (κ2) is 5.60. The molecule has 0 saturated heterocycles. The second-order valence-electron chi connectivity index (χ2n) is 3.51. The molecule has 0 amide bonds. The molecule has 5 nitrogen and oxygen atoms in total. The van der Waals surface area contributed by atoms with Crippen molar-refractivity contribution in [2.45, 2.75) is 19.8 Å². The van der Waals surface area contributed by atoms with E-state index in [1.807, 2.05) is 0 Å². The summed E-state index contributed by atoms with van der Waals surface area (Å²) in [7, 11) is -6.86. The molecule has 0 saturated carbocycles. The monoisotopic (exact) mass is 256 g/mol. The quantitative estimate of drug-likeness (QED) is 0.630. The molecule has 0 aliphatic carbocycles. The molecule has 0 aromatic rings. The molecule has 0 fully saturated rings. The van der Waals surface area contributed by atoms with Crippen LogP contribution in [0.25, 0.3) is 0 Å². The van der Waals surface area contributed by atoms with E-state index in [0.29, 0.717) is 6.42 Å². The molecule has 0 N–H and O–H groups in total. The van der Waals surface area contributed by atoms with E-state index in [2.05, 4.69) is 0 Å². The third kappa shape index (κ3) is 8.56. The summed E-state index contributed by atoms with van der Waals surface area (Å²) in [5.74, 6) is -1.79. The summed E-state index contributed by atoms with van der Waals surface area (Å²) >= 11 is 0. The first-order valence-corrected chi connectivity index (χ1v) is 8.44. The standard InChI is InChI=1S/C8H16O5S2/c1-3-4-8(9)7-15(12,13)6-5-14(2,10)11/h3-7H2,1-2H3. The van der Waals surface area contributed by atoms with Gasteiger partial charge in [-0.25, -0.2) is 16.8 Å². The van der Waals surface area contributed by atoms with E-state index in [1.165, 1.54) is 0 Å².